The van der Waals surface area contributed by atoms with Gasteiger partial charge in [0.25, 0.3) is 5.91 Å². The maximum atomic E-state index is 13.4. The van der Waals surface area contributed by atoms with Crippen molar-refractivity contribution in [1.82, 2.24) is 0 Å². The lowest BCUT2D eigenvalue weighted by molar-refractivity contribution is -0.117. The third-order valence-electron chi connectivity index (χ3n) is 4.96. The van der Waals surface area contributed by atoms with Crippen LogP contribution in [0.25, 0.3) is 0 Å². The molecule has 3 aromatic rings. The van der Waals surface area contributed by atoms with E-state index >= 15 is 0 Å². The van der Waals surface area contributed by atoms with Crippen LogP contribution in [-0.4, -0.2) is 17.1 Å². The summed E-state index contributed by atoms with van der Waals surface area (Å²) in [6.07, 6.45) is 0.367. The molecule has 5 nitrogen and oxygen atoms in total. The summed E-state index contributed by atoms with van der Waals surface area (Å²) in [7, 11) is 0. The lowest BCUT2D eigenvalue weighted by atomic mass is 10.1. The van der Waals surface area contributed by atoms with Gasteiger partial charge in [0.2, 0.25) is 5.91 Å². The van der Waals surface area contributed by atoms with Gasteiger partial charge >= 0.3 is 0 Å². The number of benzene rings is 3. The Morgan fingerprint density at radius 2 is 1.67 bits per heavy atom. The van der Waals surface area contributed by atoms with E-state index in [1.54, 1.807) is 60.7 Å². The van der Waals surface area contributed by atoms with Crippen LogP contribution in [0.15, 0.2) is 89.5 Å². The van der Waals surface area contributed by atoms with Crippen LogP contribution in [0.2, 0.25) is 10.0 Å². The number of halogens is 2. The van der Waals surface area contributed by atoms with Crippen LogP contribution in [0.1, 0.15) is 5.56 Å². The molecule has 33 heavy (non-hydrogen) atoms. The maximum Gasteiger partial charge on any atom is 0.269 e. The zero-order valence-electron chi connectivity index (χ0n) is 17.2. The van der Waals surface area contributed by atoms with Gasteiger partial charge in [-0.25, -0.2) is 0 Å². The normalized spacial score (nSPS) is 16.9. The zero-order chi connectivity index (χ0) is 23.4. The minimum atomic E-state index is -0.574. The first-order chi connectivity index (χ1) is 16.0. The maximum absolute atomic E-state index is 13.4. The van der Waals surface area contributed by atoms with Crippen LogP contribution >= 0.6 is 35.0 Å². The van der Waals surface area contributed by atoms with Crippen molar-refractivity contribution < 1.29 is 9.59 Å². The number of amides is 2. The van der Waals surface area contributed by atoms with Crippen molar-refractivity contribution in [3.05, 3.63) is 105 Å². The number of hydrogen-bond donors (Lipinski definition) is 1. The molecule has 0 spiro atoms. The molecule has 3 aromatic carbocycles. The van der Waals surface area contributed by atoms with Crippen LogP contribution in [-0.2, 0) is 16.0 Å². The quantitative estimate of drug-likeness (QED) is 0.346. The van der Waals surface area contributed by atoms with Crippen molar-refractivity contribution >= 4 is 58.2 Å². The lowest BCUT2D eigenvalue weighted by Gasteiger charge is -2.18. The molecule has 1 aliphatic heterocycles. The van der Waals surface area contributed by atoms with Crippen molar-refractivity contribution in [1.29, 1.82) is 5.26 Å². The zero-order valence-corrected chi connectivity index (χ0v) is 19.5. The molecule has 1 unspecified atom stereocenters. The summed E-state index contributed by atoms with van der Waals surface area (Å²) < 4.78 is 0. The number of anilines is 2. The van der Waals surface area contributed by atoms with Crippen LogP contribution < -0.4 is 10.2 Å². The van der Waals surface area contributed by atoms with Crippen molar-refractivity contribution in [3.8, 4) is 6.07 Å². The molecule has 2 amide bonds. The van der Waals surface area contributed by atoms with E-state index in [-0.39, 0.29) is 11.5 Å². The number of para-hydroxylation sites is 2. The van der Waals surface area contributed by atoms with Crippen LogP contribution in [0.5, 0.6) is 0 Å². The number of nitrogens with zero attached hydrogens (tertiary/aromatic N) is 2. The van der Waals surface area contributed by atoms with E-state index in [9.17, 15) is 14.9 Å². The highest BCUT2D eigenvalue weighted by atomic mass is 35.5. The van der Waals surface area contributed by atoms with Gasteiger partial charge in [0, 0.05) is 11.4 Å². The summed E-state index contributed by atoms with van der Waals surface area (Å²) >= 11 is 13.3. The molecule has 0 bridgehead atoms. The highest BCUT2D eigenvalue weighted by Crippen LogP contribution is 2.42. The van der Waals surface area contributed by atoms with E-state index in [1.807, 2.05) is 24.3 Å². The van der Waals surface area contributed by atoms with Crippen molar-refractivity contribution in [2.24, 2.45) is 0 Å². The monoisotopic (exact) mass is 493 g/mol. The molecule has 0 aromatic heterocycles. The van der Waals surface area contributed by atoms with Gasteiger partial charge in [-0.15, -0.1) is 0 Å². The fraction of sp³-hybridized carbons (Fsp3) is 0.0800. The molecular formula is C25H17Cl2N3O2S. The molecule has 4 rings (SSSR count). The summed E-state index contributed by atoms with van der Waals surface area (Å²) in [5, 5.41) is 13.2. The average Bonchev–Trinajstić information content (AvgIpc) is 3.13. The topological polar surface area (TPSA) is 73.2 Å². The first-order valence-corrected chi connectivity index (χ1v) is 11.6. The second-order valence-electron chi connectivity index (χ2n) is 7.18. The summed E-state index contributed by atoms with van der Waals surface area (Å²) in [4.78, 5) is 27.9. The van der Waals surface area contributed by atoms with E-state index < -0.39 is 11.2 Å². The smallest absolute Gasteiger partial charge is 0.269 e. The van der Waals surface area contributed by atoms with Gasteiger partial charge in [-0.2, -0.15) is 5.26 Å². The molecule has 1 saturated heterocycles. The number of carbonyl (C=O) groups excluding carboxylic acids is 2. The Labute approximate surface area is 205 Å². The Morgan fingerprint density at radius 1 is 1.00 bits per heavy atom. The Morgan fingerprint density at radius 3 is 2.30 bits per heavy atom. The number of nitrogens with one attached hydrogen (secondary N) is 1. The third kappa shape index (κ3) is 5.07. The summed E-state index contributed by atoms with van der Waals surface area (Å²) in [6.45, 7) is 0. The lowest BCUT2D eigenvalue weighted by Crippen LogP contribution is -2.30. The predicted molar refractivity (Wildman–Crippen MR) is 133 cm³/mol. The Kier molecular flexibility index (Phi) is 7.05. The Hall–Kier alpha value is -3.24. The molecule has 0 saturated carbocycles. The summed E-state index contributed by atoms with van der Waals surface area (Å²) in [5.41, 5.74) is 1.85. The van der Waals surface area contributed by atoms with Gasteiger partial charge < -0.3 is 5.32 Å². The number of nitriles is 1. The minimum absolute atomic E-state index is 0.127. The van der Waals surface area contributed by atoms with Gasteiger partial charge in [0.15, 0.2) is 0 Å². The number of carbonyl (C=O) groups is 2. The molecule has 1 N–H and O–H groups in total. The molecule has 1 heterocycles. The van der Waals surface area contributed by atoms with E-state index in [2.05, 4.69) is 5.32 Å². The fourth-order valence-corrected chi connectivity index (χ4v) is 5.02. The average molecular weight is 494 g/mol. The molecular weight excluding hydrogens is 477 g/mol. The molecule has 0 radical (unpaired) electrons. The van der Waals surface area contributed by atoms with Crippen molar-refractivity contribution in [2.45, 2.75) is 11.7 Å². The van der Waals surface area contributed by atoms with E-state index in [0.717, 1.165) is 5.56 Å². The summed E-state index contributed by atoms with van der Waals surface area (Å²) in [6, 6.07) is 25.0. The molecule has 1 atom stereocenters. The first kappa shape index (κ1) is 22.9. The summed E-state index contributed by atoms with van der Waals surface area (Å²) in [5.74, 6) is -0.789. The van der Waals surface area contributed by atoms with Gasteiger partial charge in [0.1, 0.15) is 16.7 Å². The van der Waals surface area contributed by atoms with Gasteiger partial charge in [-0.1, -0.05) is 77.4 Å². The largest absolute Gasteiger partial charge is 0.321 e. The standard InChI is InChI=1S/C25H17Cl2N3O2S/c26-20-12-11-16(13-21(20)27)14-22-24(32)30(18-9-5-2-6-10-18)25(33-22)19(15-28)23(31)29-17-7-3-1-4-8-17/h1-13,22H,14H2,(H,29,31)/b25-19-. The third-order valence-corrected chi connectivity index (χ3v) is 6.96. The number of thioether (sulfide) groups is 1. The molecule has 1 aliphatic rings. The number of rotatable bonds is 5. The molecule has 1 fully saturated rings. The van der Waals surface area contributed by atoms with Crippen LogP contribution in [0, 0.1) is 11.3 Å². The predicted octanol–water partition coefficient (Wildman–Crippen LogP) is 6.06. The molecule has 0 aliphatic carbocycles. The first-order valence-electron chi connectivity index (χ1n) is 9.98. The minimum Gasteiger partial charge on any atom is -0.321 e. The second-order valence-corrected chi connectivity index (χ2v) is 9.19. The van der Waals surface area contributed by atoms with Gasteiger partial charge in [-0.05, 0) is 48.4 Å². The fourth-order valence-electron chi connectivity index (χ4n) is 3.39. The van der Waals surface area contributed by atoms with Crippen LogP contribution in [0.3, 0.4) is 0 Å². The van der Waals surface area contributed by atoms with Crippen molar-refractivity contribution in [3.63, 3.8) is 0 Å². The number of hydrogen-bond acceptors (Lipinski definition) is 4. The van der Waals surface area contributed by atoms with Crippen LogP contribution in [0.4, 0.5) is 11.4 Å². The van der Waals surface area contributed by atoms with Gasteiger partial charge in [-0.3, -0.25) is 14.5 Å². The van der Waals surface area contributed by atoms with Crippen molar-refractivity contribution in [2.75, 3.05) is 10.2 Å². The highest BCUT2D eigenvalue weighted by Gasteiger charge is 2.40. The van der Waals surface area contributed by atoms with E-state index in [0.29, 0.717) is 32.9 Å². The van der Waals surface area contributed by atoms with E-state index in [1.165, 1.54) is 16.7 Å². The molecule has 8 heteroatoms. The Balaban J connectivity index is 1.71. The SMILES string of the molecule is N#C/C(C(=O)Nc1ccccc1)=C1/SC(Cc2ccc(Cl)c(Cl)c2)C(=O)N1c1ccccc1. The van der Waals surface area contributed by atoms with Gasteiger partial charge in [0.05, 0.1) is 15.3 Å². The molecule has 164 valence electrons. The Bertz CT molecular complexity index is 1270. The highest BCUT2D eigenvalue weighted by molar-refractivity contribution is 8.05. The van der Waals surface area contributed by atoms with E-state index in [4.69, 9.17) is 23.2 Å². The second kappa shape index (κ2) is 10.1.